The molecule has 0 saturated carbocycles. The van der Waals surface area contributed by atoms with Crippen molar-refractivity contribution in [2.24, 2.45) is 0 Å². The number of hydrogen-bond acceptors (Lipinski definition) is 4. The molecule has 0 unspecified atom stereocenters. The number of hydrogen-bond donors (Lipinski definition) is 1. The van der Waals surface area contributed by atoms with E-state index < -0.39 is 10.8 Å². The first-order valence-corrected chi connectivity index (χ1v) is 7.74. The number of carbonyl (C=O) groups excluding carboxylic acids is 1. The molecule has 1 amide bonds. The SMILES string of the molecule is Cc1oc(-c2ccc(Cl)cc2)cc1C(=O)Nc1ccccc1[N+](=O)[O-]. The number of carbonyl (C=O) groups is 1. The molecule has 0 aliphatic carbocycles. The molecule has 7 heteroatoms. The highest BCUT2D eigenvalue weighted by atomic mass is 35.5. The van der Waals surface area contributed by atoms with E-state index in [9.17, 15) is 14.9 Å². The van der Waals surface area contributed by atoms with Crippen LogP contribution in [-0.4, -0.2) is 10.8 Å². The van der Waals surface area contributed by atoms with Gasteiger partial charge in [0, 0.05) is 16.7 Å². The fraction of sp³-hybridized carbons (Fsp3) is 0.0556. The van der Waals surface area contributed by atoms with Crippen LogP contribution < -0.4 is 5.32 Å². The molecule has 0 atom stereocenters. The third-order valence-corrected chi connectivity index (χ3v) is 3.89. The number of aryl methyl sites for hydroxylation is 1. The Morgan fingerprint density at radius 1 is 1.16 bits per heavy atom. The van der Waals surface area contributed by atoms with Crippen molar-refractivity contribution in [3.8, 4) is 11.3 Å². The minimum Gasteiger partial charge on any atom is -0.461 e. The van der Waals surface area contributed by atoms with Gasteiger partial charge in [-0.05, 0) is 43.3 Å². The molecule has 0 aliphatic rings. The molecule has 25 heavy (non-hydrogen) atoms. The lowest BCUT2D eigenvalue weighted by atomic mass is 10.1. The summed E-state index contributed by atoms with van der Waals surface area (Å²) in [6.45, 7) is 1.66. The lowest BCUT2D eigenvalue weighted by Crippen LogP contribution is -2.13. The van der Waals surface area contributed by atoms with Crippen LogP contribution in [0, 0.1) is 17.0 Å². The Morgan fingerprint density at radius 3 is 2.52 bits per heavy atom. The molecular weight excluding hydrogens is 344 g/mol. The summed E-state index contributed by atoms with van der Waals surface area (Å²) in [6.07, 6.45) is 0. The molecule has 1 aromatic heterocycles. The summed E-state index contributed by atoms with van der Waals surface area (Å²) in [6, 6.07) is 14.6. The summed E-state index contributed by atoms with van der Waals surface area (Å²) >= 11 is 5.87. The van der Waals surface area contributed by atoms with Gasteiger partial charge in [-0.2, -0.15) is 0 Å². The van der Waals surface area contributed by atoms with E-state index in [0.717, 1.165) is 5.56 Å². The minimum absolute atomic E-state index is 0.131. The third kappa shape index (κ3) is 3.54. The average molecular weight is 357 g/mol. The molecular formula is C18H13ClN2O4. The monoisotopic (exact) mass is 356 g/mol. The van der Waals surface area contributed by atoms with Crippen LogP contribution in [0.5, 0.6) is 0 Å². The molecule has 6 nitrogen and oxygen atoms in total. The molecule has 0 spiro atoms. The lowest BCUT2D eigenvalue weighted by Gasteiger charge is -2.04. The number of nitro groups is 1. The highest BCUT2D eigenvalue weighted by molar-refractivity contribution is 6.30. The number of benzene rings is 2. The number of furan rings is 1. The van der Waals surface area contributed by atoms with Crippen LogP contribution in [0.3, 0.4) is 0 Å². The van der Waals surface area contributed by atoms with E-state index in [4.69, 9.17) is 16.0 Å². The summed E-state index contributed by atoms with van der Waals surface area (Å²) in [5.74, 6) is 0.457. The molecule has 0 aliphatic heterocycles. The van der Waals surface area contributed by atoms with Crippen molar-refractivity contribution in [3.05, 3.63) is 81.1 Å². The second-order valence-electron chi connectivity index (χ2n) is 5.32. The zero-order valence-electron chi connectivity index (χ0n) is 13.2. The predicted molar refractivity (Wildman–Crippen MR) is 94.9 cm³/mol. The van der Waals surface area contributed by atoms with Crippen LogP contribution in [-0.2, 0) is 0 Å². The first kappa shape index (κ1) is 16.7. The van der Waals surface area contributed by atoms with Crippen LogP contribution in [0.15, 0.2) is 59.0 Å². The second-order valence-corrected chi connectivity index (χ2v) is 5.75. The van der Waals surface area contributed by atoms with Crippen molar-refractivity contribution >= 4 is 28.9 Å². The number of anilines is 1. The van der Waals surface area contributed by atoms with Gasteiger partial charge in [-0.25, -0.2) is 0 Å². The van der Waals surface area contributed by atoms with Crippen LogP contribution in [0.1, 0.15) is 16.1 Å². The molecule has 2 aromatic carbocycles. The van der Waals surface area contributed by atoms with E-state index in [1.54, 1.807) is 43.3 Å². The zero-order valence-corrected chi connectivity index (χ0v) is 13.9. The predicted octanol–water partition coefficient (Wildman–Crippen LogP) is 5.07. The van der Waals surface area contributed by atoms with Gasteiger partial charge in [-0.3, -0.25) is 14.9 Å². The van der Waals surface area contributed by atoms with Crippen LogP contribution in [0.4, 0.5) is 11.4 Å². The van der Waals surface area contributed by atoms with Gasteiger partial charge in [0.15, 0.2) is 0 Å². The Labute approximate surface area is 148 Å². The molecule has 0 saturated heterocycles. The molecule has 0 bridgehead atoms. The van der Waals surface area contributed by atoms with Gasteiger partial charge < -0.3 is 9.73 Å². The van der Waals surface area contributed by atoms with E-state index in [0.29, 0.717) is 22.1 Å². The largest absolute Gasteiger partial charge is 0.461 e. The van der Waals surface area contributed by atoms with Gasteiger partial charge in [0.05, 0.1) is 10.5 Å². The molecule has 1 heterocycles. The maximum atomic E-state index is 12.5. The van der Waals surface area contributed by atoms with E-state index in [1.165, 1.54) is 18.2 Å². The van der Waals surface area contributed by atoms with Gasteiger partial charge in [0.2, 0.25) is 0 Å². The molecule has 3 aromatic rings. The topological polar surface area (TPSA) is 85.4 Å². The Bertz CT molecular complexity index is 948. The van der Waals surface area contributed by atoms with Crippen molar-refractivity contribution in [2.75, 3.05) is 5.32 Å². The van der Waals surface area contributed by atoms with Crippen LogP contribution in [0.2, 0.25) is 5.02 Å². The standard InChI is InChI=1S/C18H13ClN2O4/c1-11-14(10-17(25-11)12-6-8-13(19)9-7-12)18(22)20-15-4-2-3-5-16(15)21(23)24/h2-10H,1H3,(H,20,22). The number of nitrogens with zero attached hydrogens (tertiary/aromatic N) is 1. The molecule has 1 N–H and O–H groups in total. The van der Waals surface area contributed by atoms with Gasteiger partial charge in [-0.1, -0.05) is 23.7 Å². The second kappa shape index (κ2) is 6.78. The van der Waals surface area contributed by atoms with Crippen molar-refractivity contribution in [3.63, 3.8) is 0 Å². The van der Waals surface area contributed by atoms with E-state index in [1.807, 2.05) is 0 Å². The number of amides is 1. The number of nitrogens with one attached hydrogen (secondary N) is 1. The van der Waals surface area contributed by atoms with Crippen molar-refractivity contribution in [2.45, 2.75) is 6.92 Å². The molecule has 3 rings (SSSR count). The number of halogens is 1. The summed E-state index contributed by atoms with van der Waals surface area (Å²) in [5.41, 5.74) is 1.04. The maximum Gasteiger partial charge on any atom is 0.292 e. The van der Waals surface area contributed by atoms with Crippen molar-refractivity contribution in [1.82, 2.24) is 0 Å². The molecule has 126 valence electrons. The normalized spacial score (nSPS) is 10.5. The number of rotatable bonds is 4. The van der Waals surface area contributed by atoms with E-state index in [2.05, 4.69) is 5.32 Å². The van der Waals surface area contributed by atoms with Crippen molar-refractivity contribution in [1.29, 1.82) is 0 Å². The first-order valence-electron chi connectivity index (χ1n) is 7.37. The van der Waals surface area contributed by atoms with Gasteiger partial charge in [0.25, 0.3) is 11.6 Å². The molecule has 0 radical (unpaired) electrons. The summed E-state index contributed by atoms with van der Waals surface area (Å²) in [4.78, 5) is 23.0. The van der Waals surface area contributed by atoms with E-state index in [-0.39, 0.29) is 11.4 Å². The number of nitro benzene ring substituents is 1. The number of para-hydroxylation sites is 2. The first-order chi connectivity index (χ1) is 12.0. The highest BCUT2D eigenvalue weighted by Gasteiger charge is 2.20. The third-order valence-electron chi connectivity index (χ3n) is 3.64. The fourth-order valence-electron chi connectivity index (χ4n) is 2.39. The fourth-order valence-corrected chi connectivity index (χ4v) is 2.52. The highest BCUT2D eigenvalue weighted by Crippen LogP contribution is 2.28. The van der Waals surface area contributed by atoms with Crippen molar-refractivity contribution < 1.29 is 14.1 Å². The summed E-state index contributed by atoms with van der Waals surface area (Å²) in [7, 11) is 0. The Kier molecular flexibility index (Phi) is 4.54. The zero-order chi connectivity index (χ0) is 18.0. The minimum atomic E-state index is -0.545. The summed E-state index contributed by atoms with van der Waals surface area (Å²) in [5, 5.41) is 14.2. The van der Waals surface area contributed by atoms with Gasteiger partial charge in [-0.15, -0.1) is 0 Å². The van der Waals surface area contributed by atoms with Gasteiger partial charge >= 0.3 is 0 Å². The van der Waals surface area contributed by atoms with Crippen LogP contribution in [0.25, 0.3) is 11.3 Å². The van der Waals surface area contributed by atoms with Gasteiger partial charge in [0.1, 0.15) is 17.2 Å². The smallest absolute Gasteiger partial charge is 0.292 e. The Hall–Kier alpha value is -3.12. The quantitative estimate of drug-likeness (QED) is 0.522. The van der Waals surface area contributed by atoms with E-state index >= 15 is 0 Å². The summed E-state index contributed by atoms with van der Waals surface area (Å²) < 4.78 is 5.64. The van der Waals surface area contributed by atoms with Crippen LogP contribution >= 0.6 is 11.6 Å². The average Bonchev–Trinajstić information content (AvgIpc) is 2.97. The molecule has 0 fully saturated rings. The Balaban J connectivity index is 1.89. The maximum absolute atomic E-state index is 12.5. The lowest BCUT2D eigenvalue weighted by molar-refractivity contribution is -0.383. The Morgan fingerprint density at radius 2 is 1.84 bits per heavy atom.